The van der Waals surface area contributed by atoms with Gasteiger partial charge >= 0.3 is 0 Å². The van der Waals surface area contributed by atoms with Crippen LogP contribution in [0, 0.1) is 10.8 Å². The van der Waals surface area contributed by atoms with E-state index in [1.54, 1.807) is 45.2 Å². The molecule has 0 aromatic heterocycles. The first kappa shape index (κ1) is 13.2. The van der Waals surface area contributed by atoms with Gasteiger partial charge in [0.15, 0.2) is 6.04 Å². The van der Waals surface area contributed by atoms with Crippen molar-refractivity contribution in [2.75, 3.05) is 12.4 Å². The average molecular weight is 236 g/mol. The van der Waals surface area contributed by atoms with Crippen molar-refractivity contribution < 1.29 is 9.53 Å². The summed E-state index contributed by atoms with van der Waals surface area (Å²) in [7, 11) is 1.57. The van der Waals surface area contributed by atoms with Gasteiger partial charge in [0.1, 0.15) is 5.75 Å². The van der Waals surface area contributed by atoms with Gasteiger partial charge in [0, 0.05) is 5.69 Å². The van der Waals surface area contributed by atoms with Gasteiger partial charge in [-0.05, 0) is 30.2 Å². The molecule has 0 saturated carbocycles. The summed E-state index contributed by atoms with van der Waals surface area (Å²) in [6, 6.07) is 6.01. The molecule has 1 rings (SSSR count). The van der Waals surface area contributed by atoms with Crippen LogP contribution in [0.4, 0.5) is 5.69 Å². The first-order valence-electron chi connectivity index (χ1n) is 5.36. The minimum Gasteiger partial charge on any atom is -0.497 e. The van der Waals surface area contributed by atoms with E-state index >= 15 is 0 Å². The van der Waals surface area contributed by atoms with Crippen LogP contribution >= 0.6 is 0 Å². The molecule has 0 spiro atoms. The van der Waals surface area contributed by atoms with Gasteiger partial charge < -0.3 is 10.1 Å². The number of benzene rings is 1. The lowest BCUT2D eigenvalue weighted by Gasteiger charge is -2.13. The molecule has 1 aromatic carbocycles. The van der Waals surface area contributed by atoms with Crippen molar-refractivity contribution in [3.63, 3.8) is 0 Å². The van der Waals surface area contributed by atoms with E-state index < -0.39 is 6.04 Å². The third kappa shape index (κ3) is 3.55. The van der Waals surface area contributed by atoms with Crippen molar-refractivity contribution in [1.29, 1.82) is 0 Å². The molecule has 0 heterocycles. The van der Waals surface area contributed by atoms with Crippen LogP contribution in [-0.2, 0) is 4.79 Å². The molecule has 0 aliphatic rings. The van der Waals surface area contributed by atoms with Crippen LogP contribution < -0.4 is 10.1 Å². The quantitative estimate of drug-likeness (QED) is 0.798. The zero-order chi connectivity index (χ0) is 12.8. The number of rotatable bonds is 5. The predicted octanol–water partition coefficient (Wildman–Crippen LogP) is 2.42. The molecule has 0 saturated heterocycles. The van der Waals surface area contributed by atoms with Crippen LogP contribution in [0.25, 0.3) is 0 Å². The Morgan fingerprint density at radius 2 is 1.88 bits per heavy atom. The summed E-state index contributed by atoms with van der Waals surface area (Å²) in [4.78, 5) is 22.3. The van der Waals surface area contributed by atoms with E-state index in [9.17, 15) is 9.70 Å². The highest BCUT2D eigenvalue weighted by Gasteiger charge is 2.22. The second-order valence-corrected chi connectivity index (χ2v) is 4.01. The van der Waals surface area contributed by atoms with Crippen molar-refractivity contribution in [3.8, 4) is 5.75 Å². The van der Waals surface area contributed by atoms with Gasteiger partial charge in [0.25, 0.3) is 5.91 Å². The highest BCUT2D eigenvalue weighted by atomic mass is 16.5. The molecule has 17 heavy (non-hydrogen) atoms. The third-order valence-electron chi connectivity index (χ3n) is 2.37. The Bertz CT molecular complexity index is 387. The minimum atomic E-state index is -0.864. The van der Waals surface area contributed by atoms with Gasteiger partial charge in [-0.25, -0.2) is 0 Å². The Hall–Kier alpha value is -1.91. The fourth-order valence-electron chi connectivity index (χ4n) is 1.36. The zero-order valence-corrected chi connectivity index (χ0v) is 10.1. The predicted molar refractivity (Wildman–Crippen MR) is 66.0 cm³/mol. The monoisotopic (exact) mass is 236 g/mol. The fraction of sp³-hybridized carbons (Fsp3) is 0.417. The SMILES string of the molecule is COc1ccc(NC(=O)C(N=O)C(C)C)cc1. The molecule has 0 aliphatic heterocycles. The maximum atomic E-state index is 11.7. The number of amides is 1. The second kappa shape index (κ2) is 5.98. The van der Waals surface area contributed by atoms with E-state index in [0.717, 1.165) is 0 Å². The number of anilines is 1. The van der Waals surface area contributed by atoms with E-state index in [2.05, 4.69) is 10.5 Å². The van der Waals surface area contributed by atoms with Crippen molar-refractivity contribution in [3.05, 3.63) is 29.2 Å². The number of carbonyl (C=O) groups excluding carboxylic acids is 1. The van der Waals surface area contributed by atoms with Gasteiger partial charge in [-0.2, -0.15) is 0 Å². The summed E-state index contributed by atoms with van der Waals surface area (Å²) in [5, 5.41) is 5.47. The Balaban J connectivity index is 2.69. The van der Waals surface area contributed by atoms with Gasteiger partial charge in [0.2, 0.25) is 0 Å². The van der Waals surface area contributed by atoms with Crippen LogP contribution in [0.3, 0.4) is 0 Å². The molecule has 0 fully saturated rings. The lowest BCUT2D eigenvalue weighted by atomic mass is 10.0. The average Bonchev–Trinajstić information content (AvgIpc) is 2.30. The molecule has 1 unspecified atom stereocenters. The summed E-state index contributed by atoms with van der Waals surface area (Å²) < 4.78 is 5.00. The molecule has 1 N–H and O–H groups in total. The van der Waals surface area contributed by atoms with E-state index in [-0.39, 0.29) is 11.8 Å². The normalized spacial score (nSPS) is 12.0. The number of nitroso groups, excluding NO2 is 1. The molecule has 1 amide bonds. The smallest absolute Gasteiger partial charge is 0.253 e. The number of hydrogen-bond acceptors (Lipinski definition) is 4. The Morgan fingerprint density at radius 3 is 2.29 bits per heavy atom. The first-order chi connectivity index (χ1) is 8.08. The summed E-state index contributed by atoms with van der Waals surface area (Å²) in [5.41, 5.74) is 0.616. The standard InChI is InChI=1S/C12H16N2O3/c1-8(2)11(14-16)12(15)13-9-4-6-10(17-3)7-5-9/h4-8,11H,1-3H3,(H,13,15). The highest BCUT2D eigenvalue weighted by molar-refractivity contribution is 5.95. The highest BCUT2D eigenvalue weighted by Crippen LogP contribution is 2.16. The van der Waals surface area contributed by atoms with Crippen LogP contribution in [-0.4, -0.2) is 19.1 Å². The Labute approximate surface area is 100 Å². The van der Waals surface area contributed by atoms with E-state index in [0.29, 0.717) is 11.4 Å². The topological polar surface area (TPSA) is 67.8 Å². The molecule has 0 radical (unpaired) electrons. The molecular formula is C12H16N2O3. The van der Waals surface area contributed by atoms with Gasteiger partial charge in [-0.3, -0.25) is 4.79 Å². The molecule has 1 atom stereocenters. The molecule has 92 valence electrons. The van der Waals surface area contributed by atoms with Crippen molar-refractivity contribution in [1.82, 2.24) is 0 Å². The number of nitrogens with one attached hydrogen (secondary N) is 1. The summed E-state index contributed by atoms with van der Waals surface area (Å²) in [6.45, 7) is 3.55. The lowest BCUT2D eigenvalue weighted by Crippen LogP contribution is -2.30. The Kier molecular flexibility index (Phi) is 4.63. The molecule has 5 nitrogen and oxygen atoms in total. The van der Waals surface area contributed by atoms with E-state index in [4.69, 9.17) is 4.74 Å². The van der Waals surface area contributed by atoms with Crippen molar-refractivity contribution >= 4 is 11.6 Å². The first-order valence-corrected chi connectivity index (χ1v) is 5.36. The number of nitrogens with zero attached hydrogens (tertiary/aromatic N) is 1. The maximum Gasteiger partial charge on any atom is 0.253 e. The molecular weight excluding hydrogens is 220 g/mol. The van der Waals surface area contributed by atoms with Gasteiger partial charge in [0.05, 0.1) is 7.11 Å². The maximum absolute atomic E-state index is 11.7. The summed E-state index contributed by atoms with van der Waals surface area (Å²) in [6.07, 6.45) is 0. The number of ether oxygens (including phenoxy) is 1. The number of carbonyl (C=O) groups is 1. The number of methoxy groups -OCH3 is 1. The van der Waals surface area contributed by atoms with Crippen molar-refractivity contribution in [2.45, 2.75) is 19.9 Å². The third-order valence-corrected chi connectivity index (χ3v) is 2.37. The second-order valence-electron chi connectivity index (χ2n) is 4.01. The molecule has 1 aromatic rings. The van der Waals surface area contributed by atoms with Crippen LogP contribution in [0.2, 0.25) is 0 Å². The van der Waals surface area contributed by atoms with Gasteiger partial charge in [-0.15, -0.1) is 4.91 Å². The molecule has 0 aliphatic carbocycles. The molecule has 0 bridgehead atoms. The van der Waals surface area contributed by atoms with Crippen LogP contribution in [0.5, 0.6) is 5.75 Å². The molecule has 5 heteroatoms. The lowest BCUT2D eigenvalue weighted by molar-refractivity contribution is -0.118. The van der Waals surface area contributed by atoms with Gasteiger partial charge in [-0.1, -0.05) is 19.0 Å². The summed E-state index contributed by atoms with van der Waals surface area (Å²) in [5.74, 6) is 0.197. The summed E-state index contributed by atoms with van der Waals surface area (Å²) >= 11 is 0. The minimum absolute atomic E-state index is 0.120. The fourth-order valence-corrected chi connectivity index (χ4v) is 1.36. The van der Waals surface area contributed by atoms with E-state index in [1.165, 1.54) is 0 Å². The zero-order valence-electron chi connectivity index (χ0n) is 10.1. The number of hydrogen-bond donors (Lipinski definition) is 1. The Morgan fingerprint density at radius 1 is 1.29 bits per heavy atom. The van der Waals surface area contributed by atoms with E-state index in [1.807, 2.05) is 0 Å². The van der Waals surface area contributed by atoms with Crippen molar-refractivity contribution in [2.24, 2.45) is 11.1 Å². The largest absolute Gasteiger partial charge is 0.497 e. The van der Waals surface area contributed by atoms with Crippen LogP contribution in [0.1, 0.15) is 13.8 Å². The van der Waals surface area contributed by atoms with Crippen LogP contribution in [0.15, 0.2) is 29.4 Å².